The van der Waals surface area contributed by atoms with E-state index in [9.17, 15) is 4.79 Å². The van der Waals surface area contributed by atoms with Crippen LogP contribution >= 0.6 is 15.9 Å². The van der Waals surface area contributed by atoms with Gasteiger partial charge in [-0.1, -0.05) is 0 Å². The summed E-state index contributed by atoms with van der Waals surface area (Å²) < 4.78 is 6.11. The summed E-state index contributed by atoms with van der Waals surface area (Å²) in [5.41, 5.74) is 6.16. The first-order valence-electron chi connectivity index (χ1n) is 4.72. The molecule has 1 aliphatic rings. The predicted octanol–water partition coefficient (Wildman–Crippen LogP) is 1.79. The molecule has 1 aliphatic carbocycles. The number of hydrogen-bond acceptors (Lipinski definition) is 3. The van der Waals surface area contributed by atoms with Gasteiger partial charge >= 0.3 is 5.97 Å². The second kappa shape index (κ2) is 3.35. The molecule has 0 aliphatic heterocycles. The third-order valence-corrected chi connectivity index (χ3v) is 3.38. The SMILES string of the molecule is Cc1cc(Br)oc1C1(C(N)C(=O)O)CC1. The van der Waals surface area contributed by atoms with Crippen LogP contribution in [0.25, 0.3) is 0 Å². The molecule has 1 aromatic rings. The summed E-state index contributed by atoms with van der Waals surface area (Å²) in [5.74, 6) is -0.260. The molecule has 82 valence electrons. The molecule has 5 heteroatoms. The van der Waals surface area contributed by atoms with Gasteiger partial charge in [-0.05, 0) is 47.3 Å². The van der Waals surface area contributed by atoms with E-state index >= 15 is 0 Å². The monoisotopic (exact) mass is 273 g/mol. The average Bonchev–Trinajstić information content (AvgIpc) is 2.87. The summed E-state index contributed by atoms with van der Waals surface area (Å²) in [7, 11) is 0. The number of aryl methyl sites for hydroxylation is 1. The number of carboxylic acids is 1. The van der Waals surface area contributed by atoms with Crippen LogP contribution < -0.4 is 5.73 Å². The Hall–Kier alpha value is -0.810. The zero-order valence-electron chi connectivity index (χ0n) is 8.29. The number of aliphatic carboxylic acids is 1. The number of rotatable bonds is 3. The van der Waals surface area contributed by atoms with Gasteiger partial charge in [0.05, 0.1) is 5.41 Å². The first-order valence-corrected chi connectivity index (χ1v) is 5.51. The summed E-state index contributed by atoms with van der Waals surface area (Å²) in [6.45, 7) is 1.90. The molecule has 0 spiro atoms. The summed E-state index contributed by atoms with van der Waals surface area (Å²) in [6, 6.07) is 0.957. The van der Waals surface area contributed by atoms with Gasteiger partial charge in [-0.15, -0.1) is 0 Å². The third-order valence-electron chi connectivity index (χ3n) is 2.99. The van der Waals surface area contributed by atoms with Crippen LogP contribution in [-0.2, 0) is 10.2 Å². The van der Waals surface area contributed by atoms with Crippen molar-refractivity contribution in [3.05, 3.63) is 22.1 Å². The van der Waals surface area contributed by atoms with Crippen LogP contribution in [0.4, 0.5) is 0 Å². The molecule has 0 saturated heterocycles. The Labute approximate surface area is 95.6 Å². The minimum atomic E-state index is -0.973. The highest BCUT2D eigenvalue weighted by molar-refractivity contribution is 9.10. The molecule has 1 fully saturated rings. The lowest BCUT2D eigenvalue weighted by Gasteiger charge is -2.17. The molecule has 4 nitrogen and oxygen atoms in total. The summed E-state index contributed by atoms with van der Waals surface area (Å²) in [5, 5.41) is 8.94. The fourth-order valence-electron chi connectivity index (χ4n) is 1.99. The number of halogens is 1. The summed E-state index contributed by atoms with van der Waals surface area (Å²) >= 11 is 3.23. The Kier molecular flexibility index (Phi) is 2.39. The molecule has 1 heterocycles. The topological polar surface area (TPSA) is 76.5 Å². The summed E-state index contributed by atoms with van der Waals surface area (Å²) in [6.07, 6.45) is 1.56. The van der Waals surface area contributed by atoms with Gasteiger partial charge in [-0.3, -0.25) is 4.79 Å². The highest BCUT2D eigenvalue weighted by Crippen LogP contribution is 2.52. The minimum absolute atomic E-state index is 0.484. The van der Waals surface area contributed by atoms with Gasteiger partial charge < -0.3 is 15.3 Å². The standard InChI is InChI=1S/C10H12BrNO3/c1-5-4-6(11)15-8(5)10(2-3-10)7(12)9(13)14/h4,7H,2-3,12H2,1H3,(H,13,14). The fraction of sp³-hybridized carbons (Fsp3) is 0.500. The van der Waals surface area contributed by atoms with Crippen LogP contribution in [0.3, 0.4) is 0 Å². The van der Waals surface area contributed by atoms with E-state index < -0.39 is 17.4 Å². The van der Waals surface area contributed by atoms with Crippen molar-refractivity contribution in [3.63, 3.8) is 0 Å². The molecule has 1 aromatic heterocycles. The molecule has 3 N–H and O–H groups in total. The fourth-order valence-corrected chi connectivity index (χ4v) is 2.49. The predicted molar refractivity (Wildman–Crippen MR) is 57.7 cm³/mol. The van der Waals surface area contributed by atoms with E-state index in [0.717, 1.165) is 18.4 Å². The van der Waals surface area contributed by atoms with Gasteiger partial charge in [-0.2, -0.15) is 0 Å². The normalized spacial score (nSPS) is 19.9. The number of carbonyl (C=O) groups is 1. The van der Waals surface area contributed by atoms with Gasteiger partial charge in [-0.25, -0.2) is 0 Å². The van der Waals surface area contributed by atoms with Crippen molar-refractivity contribution in [2.45, 2.75) is 31.2 Å². The lowest BCUT2D eigenvalue weighted by molar-refractivity contribution is -0.139. The Morgan fingerprint density at radius 3 is 2.67 bits per heavy atom. The lowest BCUT2D eigenvalue weighted by Crippen LogP contribution is -2.42. The van der Waals surface area contributed by atoms with E-state index in [4.69, 9.17) is 15.3 Å². The van der Waals surface area contributed by atoms with Crippen LogP contribution in [0.1, 0.15) is 24.2 Å². The molecular weight excluding hydrogens is 262 g/mol. The molecule has 1 atom stereocenters. The maximum Gasteiger partial charge on any atom is 0.321 e. The van der Waals surface area contributed by atoms with E-state index in [1.54, 1.807) is 0 Å². The lowest BCUT2D eigenvalue weighted by atomic mass is 9.92. The van der Waals surface area contributed by atoms with Crippen LogP contribution in [0.2, 0.25) is 0 Å². The first kappa shape index (κ1) is 10.7. The Balaban J connectivity index is 2.38. The van der Waals surface area contributed by atoms with Crippen molar-refractivity contribution >= 4 is 21.9 Å². The van der Waals surface area contributed by atoms with Gasteiger partial charge in [0, 0.05) is 0 Å². The van der Waals surface area contributed by atoms with E-state index in [0.29, 0.717) is 10.4 Å². The van der Waals surface area contributed by atoms with Crippen LogP contribution in [0.5, 0.6) is 0 Å². The zero-order chi connectivity index (χ0) is 11.2. The number of hydrogen-bond donors (Lipinski definition) is 2. The van der Waals surface area contributed by atoms with Gasteiger partial charge in [0.25, 0.3) is 0 Å². The Bertz CT molecular complexity index is 409. The zero-order valence-corrected chi connectivity index (χ0v) is 9.87. The Morgan fingerprint density at radius 1 is 1.73 bits per heavy atom. The van der Waals surface area contributed by atoms with E-state index in [-0.39, 0.29) is 0 Å². The molecule has 15 heavy (non-hydrogen) atoms. The maximum atomic E-state index is 10.9. The highest BCUT2D eigenvalue weighted by atomic mass is 79.9. The van der Waals surface area contributed by atoms with Gasteiger partial charge in [0.15, 0.2) is 4.67 Å². The van der Waals surface area contributed by atoms with Crippen molar-refractivity contribution < 1.29 is 14.3 Å². The van der Waals surface area contributed by atoms with Crippen molar-refractivity contribution in [3.8, 4) is 0 Å². The van der Waals surface area contributed by atoms with Gasteiger partial charge in [0.2, 0.25) is 0 Å². The van der Waals surface area contributed by atoms with Crippen LogP contribution in [-0.4, -0.2) is 17.1 Å². The molecule has 0 amide bonds. The minimum Gasteiger partial charge on any atom is -0.480 e. The number of nitrogens with two attached hydrogens (primary N) is 1. The average molecular weight is 274 g/mol. The van der Waals surface area contributed by atoms with Crippen molar-refractivity contribution in [2.75, 3.05) is 0 Å². The number of furan rings is 1. The molecule has 0 aromatic carbocycles. The van der Waals surface area contributed by atoms with Crippen molar-refractivity contribution in [2.24, 2.45) is 5.73 Å². The summed E-state index contributed by atoms with van der Waals surface area (Å²) in [4.78, 5) is 10.9. The highest BCUT2D eigenvalue weighted by Gasteiger charge is 2.55. The second-order valence-electron chi connectivity index (χ2n) is 4.03. The second-order valence-corrected chi connectivity index (χ2v) is 4.82. The quantitative estimate of drug-likeness (QED) is 0.881. The van der Waals surface area contributed by atoms with Gasteiger partial charge in [0.1, 0.15) is 11.8 Å². The van der Waals surface area contributed by atoms with Crippen LogP contribution in [0.15, 0.2) is 15.2 Å². The smallest absolute Gasteiger partial charge is 0.321 e. The molecule has 1 saturated carbocycles. The Morgan fingerprint density at radius 2 is 2.33 bits per heavy atom. The van der Waals surface area contributed by atoms with Crippen LogP contribution in [0, 0.1) is 6.92 Å². The molecule has 0 bridgehead atoms. The first-order chi connectivity index (χ1) is 6.97. The largest absolute Gasteiger partial charge is 0.480 e. The number of carboxylic acid groups (broad SMARTS) is 1. The van der Waals surface area contributed by atoms with E-state index in [1.807, 2.05) is 13.0 Å². The van der Waals surface area contributed by atoms with E-state index in [1.165, 1.54) is 0 Å². The molecular formula is C10H12BrNO3. The van der Waals surface area contributed by atoms with Crippen molar-refractivity contribution in [1.29, 1.82) is 0 Å². The van der Waals surface area contributed by atoms with Crippen molar-refractivity contribution in [1.82, 2.24) is 0 Å². The third kappa shape index (κ3) is 1.59. The maximum absolute atomic E-state index is 10.9. The molecule has 2 rings (SSSR count). The molecule has 1 unspecified atom stereocenters. The van der Waals surface area contributed by atoms with E-state index in [2.05, 4.69) is 15.9 Å². The molecule has 0 radical (unpaired) electrons.